The average molecular weight is 469 g/mol. The molecular formula is C23H25ClN6OS. The molecule has 0 spiro atoms. The van der Waals surface area contributed by atoms with Gasteiger partial charge in [-0.1, -0.05) is 59.8 Å². The molecule has 0 unspecified atom stereocenters. The molecule has 166 valence electrons. The summed E-state index contributed by atoms with van der Waals surface area (Å²) in [6, 6.07) is 17.1. The van der Waals surface area contributed by atoms with Gasteiger partial charge in [-0.15, -0.1) is 16.8 Å². The number of nitrogens with one attached hydrogen (secondary N) is 2. The molecule has 2 N–H and O–H groups in total. The zero-order valence-electron chi connectivity index (χ0n) is 18.0. The van der Waals surface area contributed by atoms with E-state index in [9.17, 15) is 4.79 Å². The van der Waals surface area contributed by atoms with E-state index < -0.39 is 5.25 Å². The largest absolute Gasteiger partial charge is 0.378 e. The first-order valence-electron chi connectivity index (χ1n) is 10.1. The number of hydrogen-bond donors (Lipinski definition) is 2. The zero-order chi connectivity index (χ0) is 22.9. The number of thioether (sulfide) groups is 1. The molecule has 7 nitrogen and oxygen atoms in total. The Bertz CT molecular complexity index is 1080. The van der Waals surface area contributed by atoms with Gasteiger partial charge < -0.3 is 9.88 Å². The molecule has 32 heavy (non-hydrogen) atoms. The van der Waals surface area contributed by atoms with Gasteiger partial charge in [0.1, 0.15) is 0 Å². The number of rotatable bonds is 10. The van der Waals surface area contributed by atoms with Crippen LogP contribution in [0.5, 0.6) is 0 Å². The van der Waals surface area contributed by atoms with Gasteiger partial charge in [-0.25, -0.2) is 5.43 Å². The Morgan fingerprint density at radius 3 is 2.62 bits per heavy atom. The van der Waals surface area contributed by atoms with Gasteiger partial charge in [0.05, 0.1) is 17.5 Å². The summed E-state index contributed by atoms with van der Waals surface area (Å²) in [4.78, 5) is 12.6. The van der Waals surface area contributed by atoms with E-state index in [1.54, 1.807) is 6.08 Å². The molecule has 1 atom stereocenters. The lowest BCUT2D eigenvalue weighted by molar-refractivity contribution is -0.120. The number of aromatic nitrogens is 3. The van der Waals surface area contributed by atoms with Crippen molar-refractivity contribution < 1.29 is 4.79 Å². The van der Waals surface area contributed by atoms with Gasteiger partial charge in [-0.3, -0.25) is 4.79 Å². The van der Waals surface area contributed by atoms with Gasteiger partial charge in [0, 0.05) is 17.3 Å². The highest BCUT2D eigenvalue weighted by molar-refractivity contribution is 8.00. The summed E-state index contributed by atoms with van der Waals surface area (Å²) in [6.07, 6.45) is 1.78. The molecule has 9 heteroatoms. The summed E-state index contributed by atoms with van der Waals surface area (Å²) < 4.78 is 1.93. The van der Waals surface area contributed by atoms with Crippen LogP contribution >= 0.6 is 23.4 Å². The van der Waals surface area contributed by atoms with Crippen molar-refractivity contribution in [2.75, 3.05) is 5.32 Å². The SMILES string of the molecule is C=CCn1c(CNc2ccc(Cl)cc2)nnc1S[C@H](C)C(=O)N/N=C(\C)c1ccccc1. The van der Waals surface area contributed by atoms with Crippen LogP contribution in [0, 0.1) is 0 Å². The van der Waals surface area contributed by atoms with E-state index in [-0.39, 0.29) is 5.91 Å². The Hall–Kier alpha value is -3.10. The molecule has 0 aliphatic rings. The quantitative estimate of drug-likeness (QED) is 0.194. The van der Waals surface area contributed by atoms with Crippen molar-refractivity contribution in [1.29, 1.82) is 0 Å². The Morgan fingerprint density at radius 2 is 1.94 bits per heavy atom. The van der Waals surface area contributed by atoms with Crippen molar-refractivity contribution >= 4 is 40.7 Å². The summed E-state index contributed by atoms with van der Waals surface area (Å²) in [5, 5.41) is 17.0. The number of carbonyl (C=O) groups excluding carboxylic acids is 1. The number of amides is 1. The van der Waals surface area contributed by atoms with E-state index in [1.807, 2.05) is 73.0 Å². The number of hydrazone groups is 1. The van der Waals surface area contributed by atoms with Crippen molar-refractivity contribution in [2.24, 2.45) is 5.10 Å². The predicted molar refractivity (Wildman–Crippen MR) is 131 cm³/mol. The topological polar surface area (TPSA) is 84.2 Å². The van der Waals surface area contributed by atoms with Gasteiger partial charge in [0.25, 0.3) is 5.91 Å². The highest BCUT2D eigenvalue weighted by atomic mass is 35.5. The molecule has 0 radical (unpaired) electrons. The molecule has 3 aromatic rings. The van der Waals surface area contributed by atoms with Crippen molar-refractivity contribution in [1.82, 2.24) is 20.2 Å². The van der Waals surface area contributed by atoms with Crippen LogP contribution in [0.25, 0.3) is 0 Å². The number of hydrogen-bond acceptors (Lipinski definition) is 6. The lowest BCUT2D eigenvalue weighted by Gasteiger charge is -2.12. The summed E-state index contributed by atoms with van der Waals surface area (Å²) in [7, 11) is 0. The molecule has 0 saturated carbocycles. The third-order valence-electron chi connectivity index (χ3n) is 4.58. The molecular weight excluding hydrogens is 444 g/mol. The molecule has 0 fully saturated rings. The van der Waals surface area contributed by atoms with Gasteiger partial charge in [0.2, 0.25) is 0 Å². The van der Waals surface area contributed by atoms with Gasteiger partial charge >= 0.3 is 0 Å². The number of benzene rings is 2. The molecule has 0 aliphatic heterocycles. The maximum absolute atomic E-state index is 12.6. The minimum Gasteiger partial charge on any atom is -0.378 e. The van der Waals surface area contributed by atoms with Crippen LogP contribution in [-0.2, 0) is 17.9 Å². The first kappa shape index (κ1) is 23.6. The molecule has 0 saturated heterocycles. The fourth-order valence-electron chi connectivity index (χ4n) is 2.78. The third kappa shape index (κ3) is 6.45. The van der Waals surface area contributed by atoms with E-state index in [4.69, 9.17) is 11.6 Å². The van der Waals surface area contributed by atoms with Crippen LogP contribution in [0.1, 0.15) is 25.2 Å². The second-order valence-corrected chi connectivity index (χ2v) is 8.70. The minimum atomic E-state index is -0.410. The number of halogens is 1. The normalized spacial score (nSPS) is 12.3. The Labute approximate surface area is 197 Å². The summed E-state index contributed by atoms with van der Waals surface area (Å²) in [6.45, 7) is 8.50. The molecule has 1 amide bonds. The van der Waals surface area contributed by atoms with Crippen LogP contribution < -0.4 is 10.7 Å². The summed E-state index contributed by atoms with van der Waals surface area (Å²) >= 11 is 7.26. The molecule has 1 heterocycles. The fourth-order valence-corrected chi connectivity index (χ4v) is 3.78. The third-order valence-corrected chi connectivity index (χ3v) is 5.91. The van der Waals surface area contributed by atoms with Crippen molar-refractivity contribution in [3.63, 3.8) is 0 Å². The highest BCUT2D eigenvalue weighted by Crippen LogP contribution is 2.23. The fraction of sp³-hybridized carbons (Fsp3) is 0.217. The van der Waals surface area contributed by atoms with Crippen molar-refractivity contribution in [3.8, 4) is 0 Å². The average Bonchev–Trinajstić information content (AvgIpc) is 3.18. The first-order valence-corrected chi connectivity index (χ1v) is 11.3. The van der Waals surface area contributed by atoms with Crippen molar-refractivity contribution in [2.45, 2.75) is 37.3 Å². The monoisotopic (exact) mass is 468 g/mol. The van der Waals surface area contributed by atoms with Crippen LogP contribution in [-0.4, -0.2) is 31.6 Å². The van der Waals surface area contributed by atoms with Crippen LogP contribution in [0.3, 0.4) is 0 Å². The number of allylic oxidation sites excluding steroid dienone is 1. The molecule has 3 rings (SSSR count). The number of carbonyl (C=O) groups is 1. The minimum absolute atomic E-state index is 0.209. The highest BCUT2D eigenvalue weighted by Gasteiger charge is 2.20. The maximum Gasteiger partial charge on any atom is 0.253 e. The van der Waals surface area contributed by atoms with E-state index in [2.05, 4.69) is 32.6 Å². The maximum atomic E-state index is 12.6. The molecule has 0 bridgehead atoms. The molecule has 1 aromatic heterocycles. The Morgan fingerprint density at radius 1 is 1.22 bits per heavy atom. The van der Waals surface area contributed by atoms with Crippen molar-refractivity contribution in [3.05, 3.63) is 83.7 Å². The van der Waals surface area contributed by atoms with Gasteiger partial charge in [-0.2, -0.15) is 5.10 Å². The summed E-state index contributed by atoms with van der Waals surface area (Å²) in [5.74, 6) is 0.534. The van der Waals surface area contributed by atoms with Gasteiger partial charge in [-0.05, 0) is 43.7 Å². The standard InChI is InChI=1S/C23H25ClN6OS/c1-4-14-30-21(15-25-20-12-10-19(24)11-13-20)27-29-23(30)32-17(3)22(31)28-26-16(2)18-8-6-5-7-9-18/h4-13,17,25H,1,14-15H2,2-3H3,(H,28,31)/b26-16+/t17-/m1/s1. The van der Waals surface area contributed by atoms with Crippen LogP contribution in [0.15, 0.2) is 77.5 Å². The van der Waals surface area contributed by atoms with Crippen LogP contribution in [0.4, 0.5) is 5.69 Å². The lowest BCUT2D eigenvalue weighted by atomic mass is 10.1. The molecule has 2 aromatic carbocycles. The number of nitrogens with zero attached hydrogens (tertiary/aromatic N) is 4. The Balaban J connectivity index is 1.63. The van der Waals surface area contributed by atoms with E-state index >= 15 is 0 Å². The lowest BCUT2D eigenvalue weighted by Crippen LogP contribution is -2.28. The smallest absolute Gasteiger partial charge is 0.253 e. The molecule has 0 aliphatic carbocycles. The first-order chi connectivity index (χ1) is 15.5. The summed E-state index contributed by atoms with van der Waals surface area (Å²) in [5.41, 5.74) is 5.26. The predicted octanol–water partition coefficient (Wildman–Crippen LogP) is 4.75. The second-order valence-electron chi connectivity index (χ2n) is 6.96. The van der Waals surface area contributed by atoms with E-state index in [0.29, 0.717) is 23.3 Å². The number of anilines is 1. The van der Waals surface area contributed by atoms with Gasteiger partial charge in [0.15, 0.2) is 11.0 Å². The van der Waals surface area contributed by atoms with E-state index in [0.717, 1.165) is 22.8 Å². The second kappa shape index (κ2) is 11.5. The van der Waals surface area contributed by atoms with E-state index in [1.165, 1.54) is 11.8 Å². The Kier molecular flexibility index (Phi) is 8.47. The zero-order valence-corrected chi connectivity index (χ0v) is 19.5. The van der Waals surface area contributed by atoms with Crippen LogP contribution in [0.2, 0.25) is 5.02 Å².